The standard InChI is InChI=1S/C16H12N2O4S/c19-16(20)12(10-5-7-11(8-6-10)18(21)22)9-15-17-13-3-1-2-4-14(13)23-15/h1-8,12H,9H2,(H,19,20). The predicted octanol–water partition coefficient (Wildman–Crippen LogP) is 3.62. The van der Waals surface area contributed by atoms with E-state index in [1.54, 1.807) is 0 Å². The van der Waals surface area contributed by atoms with Crippen LogP contribution < -0.4 is 0 Å². The second-order valence-corrected chi connectivity index (χ2v) is 6.13. The van der Waals surface area contributed by atoms with Gasteiger partial charge in [0, 0.05) is 18.6 Å². The summed E-state index contributed by atoms with van der Waals surface area (Å²) in [5, 5.41) is 20.9. The van der Waals surface area contributed by atoms with Crippen molar-refractivity contribution in [3.8, 4) is 0 Å². The molecule has 0 spiro atoms. The zero-order chi connectivity index (χ0) is 16.4. The fraction of sp³-hybridized carbons (Fsp3) is 0.125. The molecular formula is C16H12N2O4S. The largest absolute Gasteiger partial charge is 0.481 e. The number of hydrogen-bond donors (Lipinski definition) is 1. The first-order chi connectivity index (χ1) is 11.0. The minimum Gasteiger partial charge on any atom is -0.481 e. The number of aromatic nitrogens is 1. The fourth-order valence-electron chi connectivity index (χ4n) is 2.36. The number of rotatable bonds is 5. The molecule has 0 saturated carbocycles. The smallest absolute Gasteiger partial charge is 0.311 e. The van der Waals surface area contributed by atoms with Gasteiger partial charge in [0.1, 0.15) is 0 Å². The van der Waals surface area contributed by atoms with Crippen molar-refractivity contribution >= 4 is 33.2 Å². The minimum atomic E-state index is -0.974. The molecule has 1 N–H and O–H groups in total. The van der Waals surface area contributed by atoms with E-state index in [1.807, 2.05) is 24.3 Å². The molecule has 2 aromatic carbocycles. The van der Waals surface area contributed by atoms with Crippen molar-refractivity contribution in [1.82, 2.24) is 4.98 Å². The van der Waals surface area contributed by atoms with Crippen LogP contribution in [0.4, 0.5) is 5.69 Å². The minimum absolute atomic E-state index is 0.0575. The van der Waals surface area contributed by atoms with Gasteiger partial charge in [-0.1, -0.05) is 24.3 Å². The number of carboxylic acids is 1. The number of para-hydroxylation sites is 1. The van der Waals surface area contributed by atoms with E-state index >= 15 is 0 Å². The van der Waals surface area contributed by atoms with Crippen LogP contribution in [-0.2, 0) is 11.2 Å². The van der Waals surface area contributed by atoms with E-state index in [1.165, 1.54) is 35.6 Å². The average Bonchev–Trinajstić information content (AvgIpc) is 2.95. The lowest BCUT2D eigenvalue weighted by Crippen LogP contribution is -2.14. The molecule has 0 aliphatic rings. The topological polar surface area (TPSA) is 93.3 Å². The first-order valence-corrected chi connectivity index (χ1v) is 7.68. The number of nitrogens with zero attached hydrogens (tertiary/aromatic N) is 2. The number of fused-ring (bicyclic) bond motifs is 1. The van der Waals surface area contributed by atoms with Crippen LogP contribution >= 0.6 is 11.3 Å². The van der Waals surface area contributed by atoms with E-state index < -0.39 is 16.8 Å². The lowest BCUT2D eigenvalue weighted by atomic mass is 9.96. The average molecular weight is 328 g/mol. The van der Waals surface area contributed by atoms with Crippen LogP contribution in [0.3, 0.4) is 0 Å². The summed E-state index contributed by atoms with van der Waals surface area (Å²) < 4.78 is 1.01. The highest BCUT2D eigenvalue weighted by molar-refractivity contribution is 7.18. The van der Waals surface area contributed by atoms with Gasteiger partial charge in [-0.05, 0) is 17.7 Å². The van der Waals surface area contributed by atoms with Crippen LogP contribution in [-0.4, -0.2) is 21.0 Å². The number of thiazole rings is 1. The number of aliphatic carboxylic acids is 1. The molecule has 23 heavy (non-hydrogen) atoms. The second kappa shape index (κ2) is 6.13. The molecule has 1 heterocycles. The van der Waals surface area contributed by atoms with Crippen LogP contribution in [0.25, 0.3) is 10.2 Å². The predicted molar refractivity (Wildman–Crippen MR) is 86.8 cm³/mol. The summed E-state index contributed by atoms with van der Waals surface area (Å²) >= 11 is 1.46. The lowest BCUT2D eigenvalue weighted by Gasteiger charge is -2.10. The molecule has 0 aliphatic carbocycles. The first-order valence-electron chi connectivity index (χ1n) is 6.86. The third kappa shape index (κ3) is 3.19. The molecule has 1 unspecified atom stereocenters. The van der Waals surface area contributed by atoms with Crippen molar-refractivity contribution in [2.24, 2.45) is 0 Å². The Hall–Kier alpha value is -2.80. The highest BCUT2D eigenvalue weighted by Crippen LogP contribution is 2.28. The van der Waals surface area contributed by atoms with E-state index in [4.69, 9.17) is 0 Å². The molecule has 3 rings (SSSR count). The van der Waals surface area contributed by atoms with Gasteiger partial charge in [-0.15, -0.1) is 11.3 Å². The summed E-state index contributed by atoms with van der Waals surface area (Å²) in [4.78, 5) is 26.2. The number of benzene rings is 2. The SMILES string of the molecule is O=C(O)C(Cc1nc2ccccc2s1)c1ccc([N+](=O)[O-])cc1. The van der Waals surface area contributed by atoms with Crippen molar-refractivity contribution in [2.45, 2.75) is 12.3 Å². The first kappa shape index (κ1) is 15.1. The van der Waals surface area contributed by atoms with Gasteiger partial charge in [-0.25, -0.2) is 4.98 Å². The summed E-state index contributed by atoms with van der Waals surface area (Å²) in [7, 11) is 0. The molecule has 0 fully saturated rings. The van der Waals surface area contributed by atoms with Gasteiger partial charge >= 0.3 is 5.97 Å². The van der Waals surface area contributed by atoms with Gasteiger partial charge in [-0.3, -0.25) is 14.9 Å². The maximum absolute atomic E-state index is 11.6. The fourth-order valence-corrected chi connectivity index (χ4v) is 3.37. The second-order valence-electron chi connectivity index (χ2n) is 5.02. The number of carboxylic acid groups (broad SMARTS) is 1. The van der Waals surface area contributed by atoms with Crippen molar-refractivity contribution in [1.29, 1.82) is 0 Å². The normalized spacial score (nSPS) is 12.2. The van der Waals surface area contributed by atoms with Crippen molar-refractivity contribution < 1.29 is 14.8 Å². The molecule has 1 atom stereocenters. The number of nitro groups is 1. The van der Waals surface area contributed by atoms with Crippen LogP contribution in [0.15, 0.2) is 48.5 Å². The molecule has 0 radical (unpaired) electrons. The molecule has 116 valence electrons. The van der Waals surface area contributed by atoms with E-state index in [0.29, 0.717) is 5.56 Å². The molecule has 0 bridgehead atoms. The molecule has 7 heteroatoms. The summed E-state index contributed by atoms with van der Waals surface area (Å²) in [5.74, 6) is -1.76. The van der Waals surface area contributed by atoms with Crippen LogP contribution in [0.2, 0.25) is 0 Å². The molecule has 0 saturated heterocycles. The quantitative estimate of drug-likeness (QED) is 0.570. The van der Waals surface area contributed by atoms with Crippen LogP contribution in [0.5, 0.6) is 0 Å². The highest BCUT2D eigenvalue weighted by atomic mass is 32.1. The third-order valence-corrected chi connectivity index (χ3v) is 4.58. The highest BCUT2D eigenvalue weighted by Gasteiger charge is 2.23. The Bertz CT molecular complexity index is 840. The van der Waals surface area contributed by atoms with Gasteiger partial charge in [-0.2, -0.15) is 0 Å². The molecule has 3 aromatic rings. The Morgan fingerprint density at radius 1 is 1.22 bits per heavy atom. The van der Waals surface area contributed by atoms with E-state index in [2.05, 4.69) is 4.98 Å². The Morgan fingerprint density at radius 2 is 1.91 bits per heavy atom. The Kier molecular flexibility index (Phi) is 4.03. The zero-order valence-electron chi connectivity index (χ0n) is 11.9. The molecule has 1 aromatic heterocycles. The van der Waals surface area contributed by atoms with Gasteiger partial charge < -0.3 is 5.11 Å². The lowest BCUT2D eigenvalue weighted by molar-refractivity contribution is -0.384. The Morgan fingerprint density at radius 3 is 2.52 bits per heavy atom. The summed E-state index contributed by atoms with van der Waals surface area (Å²) in [6.45, 7) is 0. The Labute approximate surface area is 135 Å². The number of hydrogen-bond acceptors (Lipinski definition) is 5. The van der Waals surface area contributed by atoms with Crippen LogP contribution in [0.1, 0.15) is 16.5 Å². The van der Waals surface area contributed by atoms with Gasteiger partial charge in [0.05, 0.1) is 26.1 Å². The molecular weight excluding hydrogens is 316 g/mol. The van der Waals surface area contributed by atoms with Crippen molar-refractivity contribution in [3.05, 3.63) is 69.2 Å². The van der Waals surface area contributed by atoms with E-state index in [0.717, 1.165) is 15.2 Å². The third-order valence-electron chi connectivity index (χ3n) is 3.52. The molecule has 0 aliphatic heterocycles. The monoisotopic (exact) mass is 328 g/mol. The van der Waals surface area contributed by atoms with Gasteiger partial charge in [0.25, 0.3) is 5.69 Å². The summed E-state index contributed by atoms with van der Waals surface area (Å²) in [5.41, 5.74) is 1.32. The zero-order valence-corrected chi connectivity index (χ0v) is 12.7. The molecule has 6 nitrogen and oxygen atoms in total. The number of non-ortho nitro benzene ring substituents is 1. The maximum Gasteiger partial charge on any atom is 0.311 e. The van der Waals surface area contributed by atoms with Crippen LogP contribution in [0, 0.1) is 10.1 Å². The molecule has 0 amide bonds. The summed E-state index contributed by atoms with van der Waals surface area (Å²) in [6, 6.07) is 13.3. The number of nitro benzene ring substituents is 1. The van der Waals surface area contributed by atoms with E-state index in [-0.39, 0.29) is 12.1 Å². The summed E-state index contributed by atoms with van der Waals surface area (Å²) in [6.07, 6.45) is 0.256. The van der Waals surface area contributed by atoms with E-state index in [9.17, 15) is 20.0 Å². The number of carbonyl (C=O) groups is 1. The maximum atomic E-state index is 11.6. The van der Waals surface area contributed by atoms with Crippen molar-refractivity contribution in [3.63, 3.8) is 0 Å². The van der Waals surface area contributed by atoms with Crippen molar-refractivity contribution in [2.75, 3.05) is 0 Å². The van der Waals surface area contributed by atoms with Gasteiger partial charge in [0.2, 0.25) is 0 Å². The van der Waals surface area contributed by atoms with Gasteiger partial charge in [0.15, 0.2) is 0 Å². The Balaban J connectivity index is 1.89.